The summed E-state index contributed by atoms with van der Waals surface area (Å²) in [6, 6.07) is 1.47. The molecule has 110 valence electrons. The third-order valence-corrected chi connectivity index (χ3v) is 3.31. The quantitative estimate of drug-likeness (QED) is 0.627. The van der Waals surface area contributed by atoms with Crippen LogP contribution in [0.25, 0.3) is 0 Å². The predicted octanol–water partition coefficient (Wildman–Crippen LogP) is 1.90. The van der Waals surface area contributed by atoms with Crippen molar-refractivity contribution in [1.82, 2.24) is 10.3 Å². The van der Waals surface area contributed by atoms with Gasteiger partial charge in [-0.2, -0.15) is 0 Å². The van der Waals surface area contributed by atoms with Gasteiger partial charge < -0.3 is 15.4 Å². The molecule has 20 heavy (non-hydrogen) atoms. The molecule has 0 atom stereocenters. The van der Waals surface area contributed by atoms with Crippen molar-refractivity contribution in [3.8, 4) is 0 Å². The molecule has 0 aliphatic rings. The van der Waals surface area contributed by atoms with Crippen molar-refractivity contribution in [3.63, 3.8) is 0 Å². The van der Waals surface area contributed by atoms with Gasteiger partial charge in [-0.25, -0.2) is 0 Å². The number of hydrogen-bond donors (Lipinski definition) is 3. The maximum atomic E-state index is 11.8. The van der Waals surface area contributed by atoms with Gasteiger partial charge in [0.05, 0.1) is 10.0 Å². The lowest BCUT2D eigenvalue weighted by atomic mass is 10.1. The van der Waals surface area contributed by atoms with Crippen molar-refractivity contribution in [1.29, 1.82) is 0 Å². The number of halogens is 1. The van der Waals surface area contributed by atoms with Crippen LogP contribution in [-0.2, 0) is 4.79 Å². The van der Waals surface area contributed by atoms with Crippen LogP contribution in [0.15, 0.2) is 21.5 Å². The molecule has 7 heteroatoms. The number of amides is 1. The second-order valence-corrected chi connectivity index (χ2v) is 5.23. The average Bonchev–Trinajstić information content (AvgIpc) is 2.40. The van der Waals surface area contributed by atoms with Crippen LogP contribution in [-0.4, -0.2) is 28.5 Å². The second-order valence-electron chi connectivity index (χ2n) is 4.38. The second kappa shape index (κ2) is 8.52. The van der Waals surface area contributed by atoms with E-state index < -0.39 is 5.97 Å². The Hall–Kier alpha value is -1.63. The molecule has 3 N–H and O–H groups in total. The van der Waals surface area contributed by atoms with Crippen LogP contribution in [0.1, 0.15) is 42.5 Å². The van der Waals surface area contributed by atoms with Gasteiger partial charge in [0.15, 0.2) is 0 Å². The first kappa shape index (κ1) is 16.4. The molecule has 1 heterocycles. The van der Waals surface area contributed by atoms with E-state index in [2.05, 4.69) is 26.2 Å². The lowest BCUT2D eigenvalue weighted by molar-refractivity contribution is -0.137. The Morgan fingerprint density at radius 3 is 2.60 bits per heavy atom. The van der Waals surface area contributed by atoms with E-state index in [9.17, 15) is 14.4 Å². The Bertz CT molecular complexity index is 527. The van der Waals surface area contributed by atoms with E-state index in [4.69, 9.17) is 5.11 Å². The largest absolute Gasteiger partial charge is 0.481 e. The Morgan fingerprint density at radius 2 is 1.95 bits per heavy atom. The topological polar surface area (TPSA) is 99.3 Å². The van der Waals surface area contributed by atoms with Crippen LogP contribution < -0.4 is 10.9 Å². The van der Waals surface area contributed by atoms with Crippen molar-refractivity contribution in [2.75, 3.05) is 6.54 Å². The third kappa shape index (κ3) is 6.01. The normalized spacial score (nSPS) is 10.2. The summed E-state index contributed by atoms with van der Waals surface area (Å²) in [6.45, 7) is 0.530. The van der Waals surface area contributed by atoms with Gasteiger partial charge in [0, 0.05) is 19.2 Å². The molecule has 0 bridgehead atoms. The number of carbonyl (C=O) groups excluding carboxylic acids is 1. The van der Waals surface area contributed by atoms with Crippen LogP contribution in [0.4, 0.5) is 0 Å². The summed E-state index contributed by atoms with van der Waals surface area (Å²) < 4.78 is 0.318. The number of rotatable bonds is 8. The van der Waals surface area contributed by atoms with Crippen LogP contribution in [0.5, 0.6) is 0 Å². The fourth-order valence-corrected chi connectivity index (χ4v) is 2.01. The number of carboxylic acids is 1. The fraction of sp³-hybridized carbons (Fsp3) is 0.462. The third-order valence-electron chi connectivity index (χ3n) is 2.72. The first-order valence-electron chi connectivity index (χ1n) is 6.39. The molecule has 6 nitrogen and oxygen atoms in total. The highest BCUT2D eigenvalue weighted by Gasteiger charge is 2.06. The highest BCUT2D eigenvalue weighted by molar-refractivity contribution is 9.10. The molecular weight excluding hydrogens is 328 g/mol. The minimum absolute atomic E-state index is 0.192. The summed E-state index contributed by atoms with van der Waals surface area (Å²) in [5, 5.41) is 11.2. The van der Waals surface area contributed by atoms with Crippen molar-refractivity contribution in [2.24, 2.45) is 0 Å². The summed E-state index contributed by atoms with van der Waals surface area (Å²) in [7, 11) is 0. The Kier molecular flexibility index (Phi) is 7.00. The van der Waals surface area contributed by atoms with Gasteiger partial charge in [0.25, 0.3) is 11.5 Å². The summed E-state index contributed by atoms with van der Waals surface area (Å²) >= 11 is 3.06. The molecular formula is C13H17BrN2O4. The molecule has 0 unspecified atom stereocenters. The fourth-order valence-electron chi connectivity index (χ4n) is 1.65. The van der Waals surface area contributed by atoms with Crippen molar-refractivity contribution >= 4 is 27.8 Å². The average molecular weight is 345 g/mol. The van der Waals surface area contributed by atoms with Gasteiger partial charge in [-0.05, 0) is 34.8 Å². The number of aliphatic carboxylic acids is 1. The smallest absolute Gasteiger partial charge is 0.303 e. The van der Waals surface area contributed by atoms with Gasteiger partial charge in [0.1, 0.15) is 0 Å². The van der Waals surface area contributed by atoms with Crippen LogP contribution in [0.2, 0.25) is 0 Å². The van der Waals surface area contributed by atoms with E-state index in [-0.39, 0.29) is 17.9 Å². The zero-order valence-corrected chi connectivity index (χ0v) is 12.5. The number of carboxylic acid groups (broad SMARTS) is 1. The van der Waals surface area contributed by atoms with Crippen molar-refractivity contribution in [2.45, 2.75) is 32.1 Å². The molecule has 1 rings (SSSR count). The van der Waals surface area contributed by atoms with Crippen LogP contribution in [0.3, 0.4) is 0 Å². The molecule has 0 aromatic carbocycles. The van der Waals surface area contributed by atoms with Gasteiger partial charge in [-0.3, -0.25) is 14.4 Å². The molecule has 1 amide bonds. The summed E-state index contributed by atoms with van der Waals surface area (Å²) in [4.78, 5) is 35.6. The molecule has 0 radical (unpaired) electrons. The number of pyridine rings is 1. The molecule has 0 saturated carbocycles. The maximum absolute atomic E-state index is 11.8. The number of aromatic nitrogens is 1. The molecule has 0 spiro atoms. The Balaban J connectivity index is 2.21. The highest BCUT2D eigenvalue weighted by atomic mass is 79.9. The van der Waals surface area contributed by atoms with Crippen molar-refractivity contribution in [3.05, 3.63) is 32.7 Å². The number of aromatic amines is 1. The Labute approximate surface area is 124 Å². The number of unbranched alkanes of at least 4 members (excludes halogenated alkanes) is 3. The lowest BCUT2D eigenvalue weighted by Gasteiger charge is -2.05. The van der Waals surface area contributed by atoms with Crippen LogP contribution in [0, 0.1) is 0 Å². The zero-order valence-electron chi connectivity index (χ0n) is 10.9. The summed E-state index contributed by atoms with van der Waals surface area (Å²) in [6.07, 6.45) is 4.74. The summed E-state index contributed by atoms with van der Waals surface area (Å²) in [5.41, 5.74) is 0.113. The van der Waals surface area contributed by atoms with E-state index >= 15 is 0 Å². The lowest BCUT2D eigenvalue weighted by Crippen LogP contribution is -2.25. The standard InChI is InChI=1S/C13H17BrN2O4/c14-10-7-9(8-16-13(10)20)12(19)15-6-4-2-1-3-5-11(17)18/h7-8H,1-6H2,(H,15,19)(H,16,20)(H,17,18). The first-order chi connectivity index (χ1) is 9.50. The minimum Gasteiger partial charge on any atom is -0.481 e. The maximum Gasteiger partial charge on any atom is 0.303 e. The first-order valence-corrected chi connectivity index (χ1v) is 7.18. The number of H-pyrrole nitrogens is 1. The van der Waals surface area contributed by atoms with E-state index in [0.29, 0.717) is 23.0 Å². The van der Waals surface area contributed by atoms with Crippen molar-refractivity contribution < 1.29 is 14.7 Å². The van der Waals surface area contributed by atoms with Gasteiger partial charge in [-0.1, -0.05) is 12.8 Å². The number of nitrogens with one attached hydrogen (secondary N) is 2. The molecule has 0 aliphatic heterocycles. The Morgan fingerprint density at radius 1 is 1.25 bits per heavy atom. The van der Waals surface area contributed by atoms with Crippen LogP contribution >= 0.6 is 15.9 Å². The molecule has 1 aromatic rings. The zero-order chi connectivity index (χ0) is 15.0. The SMILES string of the molecule is O=C(O)CCCCCCNC(=O)c1c[nH]c(=O)c(Br)c1. The van der Waals surface area contributed by atoms with Gasteiger partial charge in [-0.15, -0.1) is 0 Å². The van der Waals surface area contributed by atoms with Gasteiger partial charge in [0.2, 0.25) is 0 Å². The minimum atomic E-state index is -0.776. The van der Waals surface area contributed by atoms with E-state index in [0.717, 1.165) is 19.3 Å². The van der Waals surface area contributed by atoms with E-state index in [1.807, 2.05) is 0 Å². The molecule has 1 aromatic heterocycles. The number of hydrogen-bond acceptors (Lipinski definition) is 3. The van der Waals surface area contributed by atoms with E-state index in [1.165, 1.54) is 12.3 Å². The molecule has 0 saturated heterocycles. The van der Waals surface area contributed by atoms with E-state index in [1.54, 1.807) is 0 Å². The predicted molar refractivity (Wildman–Crippen MR) is 77.8 cm³/mol. The number of carbonyl (C=O) groups is 2. The monoisotopic (exact) mass is 344 g/mol. The van der Waals surface area contributed by atoms with Gasteiger partial charge >= 0.3 is 5.97 Å². The highest BCUT2D eigenvalue weighted by Crippen LogP contribution is 2.05. The summed E-state index contributed by atoms with van der Waals surface area (Å²) in [5.74, 6) is -1.02. The molecule has 0 aliphatic carbocycles. The molecule has 0 fully saturated rings.